The molecule has 5 nitrogen and oxygen atoms in total. The topological polar surface area (TPSA) is 42.0 Å². The molecule has 5 heteroatoms. The molecular formula is C16H30N2O3. The van der Waals surface area contributed by atoms with Crippen LogP contribution in [0.25, 0.3) is 0 Å². The Labute approximate surface area is 128 Å². The summed E-state index contributed by atoms with van der Waals surface area (Å²) in [6.07, 6.45) is 5.62. The Morgan fingerprint density at radius 3 is 2.43 bits per heavy atom. The van der Waals surface area contributed by atoms with Gasteiger partial charge in [-0.2, -0.15) is 0 Å². The standard InChI is InChI=1S/C16H30N2O3/c1-17(8-3-11-20-2)16(19)18-9-4-14(5-10-18)15-6-12-21-13-7-15/h14-15H,3-13H2,1-2H3. The van der Waals surface area contributed by atoms with Gasteiger partial charge in [0, 0.05) is 53.6 Å². The molecule has 0 unspecified atom stereocenters. The molecule has 2 aliphatic rings. The van der Waals surface area contributed by atoms with Crippen LogP contribution in [0.15, 0.2) is 0 Å². The van der Waals surface area contributed by atoms with E-state index < -0.39 is 0 Å². The Morgan fingerprint density at radius 1 is 1.19 bits per heavy atom. The van der Waals surface area contributed by atoms with Crippen LogP contribution in [-0.4, -0.2) is 69.4 Å². The van der Waals surface area contributed by atoms with Crippen LogP contribution in [0.2, 0.25) is 0 Å². The second-order valence-electron chi connectivity index (χ2n) is 6.32. The fourth-order valence-corrected chi connectivity index (χ4v) is 3.53. The number of nitrogens with zero attached hydrogens (tertiary/aromatic N) is 2. The quantitative estimate of drug-likeness (QED) is 0.731. The minimum absolute atomic E-state index is 0.177. The van der Waals surface area contributed by atoms with E-state index >= 15 is 0 Å². The SMILES string of the molecule is COCCCN(C)C(=O)N1CCC(C2CCOCC2)CC1. The molecule has 0 aromatic rings. The van der Waals surface area contributed by atoms with Crippen LogP contribution >= 0.6 is 0 Å². The Morgan fingerprint density at radius 2 is 1.81 bits per heavy atom. The summed E-state index contributed by atoms with van der Waals surface area (Å²) < 4.78 is 10.5. The van der Waals surface area contributed by atoms with E-state index in [1.165, 1.54) is 12.8 Å². The van der Waals surface area contributed by atoms with Crippen LogP contribution in [0.4, 0.5) is 4.79 Å². The summed E-state index contributed by atoms with van der Waals surface area (Å²) in [5, 5.41) is 0. The molecular weight excluding hydrogens is 268 g/mol. The van der Waals surface area contributed by atoms with E-state index in [-0.39, 0.29) is 6.03 Å². The number of methoxy groups -OCH3 is 1. The first-order valence-electron chi connectivity index (χ1n) is 8.29. The number of urea groups is 1. The van der Waals surface area contributed by atoms with E-state index in [1.807, 2.05) is 16.8 Å². The molecule has 21 heavy (non-hydrogen) atoms. The highest BCUT2D eigenvalue weighted by atomic mass is 16.5. The van der Waals surface area contributed by atoms with Crippen LogP contribution in [0.1, 0.15) is 32.1 Å². The Bertz CT molecular complexity index is 311. The van der Waals surface area contributed by atoms with Gasteiger partial charge in [0.1, 0.15) is 0 Å². The van der Waals surface area contributed by atoms with Gasteiger partial charge < -0.3 is 19.3 Å². The minimum atomic E-state index is 0.177. The summed E-state index contributed by atoms with van der Waals surface area (Å²) in [6.45, 7) is 5.15. The predicted molar refractivity (Wildman–Crippen MR) is 82.4 cm³/mol. The number of amides is 2. The number of piperidine rings is 1. The molecule has 2 saturated heterocycles. The normalized spacial score (nSPS) is 21.5. The number of hydrogen-bond acceptors (Lipinski definition) is 3. The molecule has 0 atom stereocenters. The fraction of sp³-hybridized carbons (Fsp3) is 0.938. The zero-order valence-corrected chi connectivity index (χ0v) is 13.6. The van der Waals surface area contributed by atoms with Crippen molar-refractivity contribution in [2.75, 3.05) is 53.6 Å². The van der Waals surface area contributed by atoms with Gasteiger partial charge in [0.25, 0.3) is 0 Å². The number of carbonyl (C=O) groups is 1. The van der Waals surface area contributed by atoms with Crippen molar-refractivity contribution < 1.29 is 14.3 Å². The van der Waals surface area contributed by atoms with Gasteiger partial charge in [0.2, 0.25) is 0 Å². The average molecular weight is 298 g/mol. The third-order valence-electron chi connectivity index (χ3n) is 4.91. The van der Waals surface area contributed by atoms with Crippen molar-refractivity contribution in [1.29, 1.82) is 0 Å². The van der Waals surface area contributed by atoms with Crippen LogP contribution in [0.5, 0.6) is 0 Å². The number of likely N-dealkylation sites (tertiary alicyclic amines) is 1. The van der Waals surface area contributed by atoms with E-state index in [2.05, 4.69) is 0 Å². The second-order valence-corrected chi connectivity index (χ2v) is 6.32. The highest BCUT2D eigenvalue weighted by Gasteiger charge is 2.30. The third kappa shape index (κ3) is 4.85. The molecule has 2 rings (SSSR count). The van der Waals surface area contributed by atoms with Crippen LogP contribution in [-0.2, 0) is 9.47 Å². The van der Waals surface area contributed by atoms with Crippen molar-refractivity contribution >= 4 is 6.03 Å². The molecule has 0 radical (unpaired) electrons. The highest BCUT2D eigenvalue weighted by Crippen LogP contribution is 2.31. The van der Waals surface area contributed by atoms with Gasteiger partial charge in [-0.05, 0) is 43.9 Å². The zero-order chi connectivity index (χ0) is 15.1. The van der Waals surface area contributed by atoms with Crippen molar-refractivity contribution in [2.45, 2.75) is 32.1 Å². The second kappa shape index (κ2) is 8.59. The molecule has 2 heterocycles. The van der Waals surface area contributed by atoms with Gasteiger partial charge >= 0.3 is 6.03 Å². The zero-order valence-electron chi connectivity index (χ0n) is 13.6. The molecule has 0 N–H and O–H groups in total. The van der Waals surface area contributed by atoms with E-state index in [1.54, 1.807) is 7.11 Å². The maximum Gasteiger partial charge on any atom is 0.319 e. The molecule has 0 spiro atoms. The maximum absolute atomic E-state index is 12.4. The third-order valence-corrected chi connectivity index (χ3v) is 4.91. The number of hydrogen-bond donors (Lipinski definition) is 0. The Hall–Kier alpha value is -0.810. The van der Waals surface area contributed by atoms with Crippen molar-refractivity contribution in [2.24, 2.45) is 11.8 Å². The maximum atomic E-state index is 12.4. The highest BCUT2D eigenvalue weighted by molar-refractivity contribution is 5.74. The smallest absolute Gasteiger partial charge is 0.319 e. The summed E-state index contributed by atoms with van der Waals surface area (Å²) in [5.41, 5.74) is 0. The summed E-state index contributed by atoms with van der Waals surface area (Å²) in [5.74, 6) is 1.60. The van der Waals surface area contributed by atoms with E-state index in [0.717, 1.165) is 63.9 Å². The van der Waals surface area contributed by atoms with E-state index in [0.29, 0.717) is 6.61 Å². The number of rotatable bonds is 5. The molecule has 122 valence electrons. The van der Waals surface area contributed by atoms with Crippen LogP contribution in [0, 0.1) is 11.8 Å². The first-order valence-corrected chi connectivity index (χ1v) is 8.29. The summed E-state index contributed by atoms with van der Waals surface area (Å²) >= 11 is 0. The summed E-state index contributed by atoms with van der Waals surface area (Å²) in [4.78, 5) is 16.2. The lowest BCUT2D eigenvalue weighted by molar-refractivity contribution is 0.0321. The predicted octanol–water partition coefficient (Wildman–Crippen LogP) is 2.21. The summed E-state index contributed by atoms with van der Waals surface area (Å²) in [6, 6.07) is 0.177. The van der Waals surface area contributed by atoms with Gasteiger partial charge in [-0.25, -0.2) is 4.79 Å². The lowest BCUT2D eigenvalue weighted by Crippen LogP contribution is -2.46. The fourth-order valence-electron chi connectivity index (χ4n) is 3.53. The molecule has 2 aliphatic heterocycles. The number of ether oxygens (including phenoxy) is 2. The van der Waals surface area contributed by atoms with Crippen molar-refractivity contribution in [1.82, 2.24) is 9.80 Å². The molecule has 2 amide bonds. The van der Waals surface area contributed by atoms with Crippen LogP contribution in [0.3, 0.4) is 0 Å². The molecule has 2 fully saturated rings. The lowest BCUT2D eigenvalue weighted by atomic mass is 9.80. The van der Waals surface area contributed by atoms with Gasteiger partial charge in [-0.3, -0.25) is 0 Å². The molecule has 0 aliphatic carbocycles. The molecule has 0 bridgehead atoms. The van der Waals surface area contributed by atoms with E-state index in [4.69, 9.17) is 9.47 Å². The lowest BCUT2D eigenvalue weighted by Gasteiger charge is -2.38. The molecule has 0 saturated carbocycles. The van der Waals surface area contributed by atoms with E-state index in [9.17, 15) is 4.79 Å². The van der Waals surface area contributed by atoms with Crippen molar-refractivity contribution in [3.05, 3.63) is 0 Å². The first kappa shape index (κ1) is 16.6. The largest absolute Gasteiger partial charge is 0.385 e. The van der Waals surface area contributed by atoms with Crippen LogP contribution < -0.4 is 0 Å². The minimum Gasteiger partial charge on any atom is -0.385 e. The van der Waals surface area contributed by atoms with Gasteiger partial charge in [-0.15, -0.1) is 0 Å². The van der Waals surface area contributed by atoms with Gasteiger partial charge in [0.05, 0.1) is 0 Å². The summed E-state index contributed by atoms with van der Waals surface area (Å²) in [7, 11) is 3.59. The van der Waals surface area contributed by atoms with Crippen molar-refractivity contribution in [3.8, 4) is 0 Å². The van der Waals surface area contributed by atoms with Gasteiger partial charge in [-0.1, -0.05) is 0 Å². The van der Waals surface area contributed by atoms with Gasteiger partial charge in [0.15, 0.2) is 0 Å². The Kier molecular flexibility index (Phi) is 6.77. The molecule has 0 aromatic heterocycles. The number of carbonyl (C=O) groups excluding carboxylic acids is 1. The molecule has 0 aromatic carbocycles. The van der Waals surface area contributed by atoms with Crippen molar-refractivity contribution in [3.63, 3.8) is 0 Å². The first-order chi connectivity index (χ1) is 10.2. The monoisotopic (exact) mass is 298 g/mol. The Balaban J connectivity index is 1.71. The average Bonchev–Trinajstić information content (AvgIpc) is 2.55.